The van der Waals surface area contributed by atoms with Crippen molar-refractivity contribution in [2.45, 2.75) is 25.9 Å². The van der Waals surface area contributed by atoms with E-state index >= 15 is 0 Å². The van der Waals surface area contributed by atoms with Crippen molar-refractivity contribution in [1.29, 1.82) is 0 Å². The molecule has 20 heavy (non-hydrogen) atoms. The number of carboxylic acids is 2. The van der Waals surface area contributed by atoms with Gasteiger partial charge in [-0.1, -0.05) is 18.2 Å². The molecular formula is C13H15NO6. The van der Waals surface area contributed by atoms with Crippen LogP contribution < -0.4 is 10.1 Å². The summed E-state index contributed by atoms with van der Waals surface area (Å²) in [5.74, 6) is -2.64. The number of aliphatic carboxylic acids is 2. The summed E-state index contributed by atoms with van der Waals surface area (Å²) >= 11 is 0. The highest BCUT2D eigenvalue weighted by atomic mass is 16.5. The minimum absolute atomic E-state index is 0.0771. The molecule has 3 N–H and O–H groups in total. The fraction of sp³-hybridized carbons (Fsp3) is 0.308. The molecule has 0 aliphatic heterocycles. The molecule has 0 unspecified atom stereocenters. The number of rotatable bonds is 7. The molecule has 0 aliphatic carbocycles. The lowest BCUT2D eigenvalue weighted by Crippen LogP contribution is -2.38. The number of para-hydroxylation sites is 1. The molecule has 1 aromatic carbocycles. The van der Waals surface area contributed by atoms with Gasteiger partial charge in [-0.2, -0.15) is 0 Å². The molecule has 0 spiro atoms. The van der Waals surface area contributed by atoms with Crippen LogP contribution in [0.1, 0.15) is 18.9 Å². The quantitative estimate of drug-likeness (QED) is 0.496. The van der Waals surface area contributed by atoms with Crippen LogP contribution >= 0.6 is 0 Å². The molecule has 7 heteroatoms. The minimum Gasteiger partial charge on any atom is -0.481 e. The zero-order valence-corrected chi connectivity index (χ0v) is 10.8. The topological polar surface area (TPSA) is 113 Å². The Morgan fingerprint density at radius 1 is 1.25 bits per heavy atom. The highest BCUT2D eigenvalue weighted by molar-refractivity contribution is 5.80. The Kier molecular flexibility index (Phi) is 5.67. The first kappa shape index (κ1) is 15.6. The number of carboxylic acid groups (broad SMARTS) is 2. The van der Waals surface area contributed by atoms with Gasteiger partial charge in [-0.15, -0.1) is 0 Å². The third-order valence-electron chi connectivity index (χ3n) is 2.44. The molecule has 1 rings (SSSR count). The molecule has 0 aliphatic rings. The van der Waals surface area contributed by atoms with E-state index in [1.165, 1.54) is 6.92 Å². The van der Waals surface area contributed by atoms with E-state index in [2.05, 4.69) is 5.32 Å². The summed E-state index contributed by atoms with van der Waals surface area (Å²) in [6, 6.07) is 5.40. The van der Waals surface area contributed by atoms with Crippen LogP contribution in [-0.4, -0.2) is 34.2 Å². The van der Waals surface area contributed by atoms with E-state index in [9.17, 15) is 14.4 Å². The number of esters is 1. The third kappa shape index (κ3) is 5.07. The van der Waals surface area contributed by atoms with Gasteiger partial charge >= 0.3 is 17.9 Å². The van der Waals surface area contributed by atoms with Gasteiger partial charge in [-0.3, -0.25) is 19.7 Å². The molecule has 0 heterocycles. The molecule has 0 radical (unpaired) electrons. The summed E-state index contributed by atoms with van der Waals surface area (Å²) in [5.41, 5.74) is 0.569. The first-order chi connectivity index (χ1) is 9.40. The van der Waals surface area contributed by atoms with Crippen LogP contribution in [-0.2, 0) is 20.9 Å². The van der Waals surface area contributed by atoms with E-state index < -0.39 is 30.4 Å². The maximum atomic E-state index is 10.9. The highest BCUT2D eigenvalue weighted by Gasteiger charge is 2.20. The van der Waals surface area contributed by atoms with Crippen molar-refractivity contribution in [3.8, 4) is 5.75 Å². The van der Waals surface area contributed by atoms with Crippen molar-refractivity contribution in [3.63, 3.8) is 0 Å². The maximum absolute atomic E-state index is 10.9. The average molecular weight is 281 g/mol. The maximum Gasteiger partial charge on any atom is 0.321 e. The first-order valence-corrected chi connectivity index (χ1v) is 5.84. The molecule has 108 valence electrons. The average Bonchev–Trinajstić information content (AvgIpc) is 2.34. The lowest BCUT2D eigenvalue weighted by atomic mass is 10.1. The molecule has 0 saturated carbocycles. The van der Waals surface area contributed by atoms with Crippen molar-refractivity contribution in [1.82, 2.24) is 5.32 Å². The molecule has 1 atom stereocenters. The van der Waals surface area contributed by atoms with E-state index in [-0.39, 0.29) is 6.54 Å². The Morgan fingerprint density at radius 3 is 2.45 bits per heavy atom. The zero-order valence-electron chi connectivity index (χ0n) is 10.8. The first-order valence-electron chi connectivity index (χ1n) is 5.84. The second kappa shape index (κ2) is 7.25. The van der Waals surface area contributed by atoms with Gasteiger partial charge in [0.15, 0.2) is 0 Å². The Labute approximate surface area is 115 Å². The zero-order chi connectivity index (χ0) is 15.1. The van der Waals surface area contributed by atoms with E-state index in [0.29, 0.717) is 11.3 Å². The van der Waals surface area contributed by atoms with Crippen LogP contribution in [0.5, 0.6) is 5.75 Å². The van der Waals surface area contributed by atoms with Gasteiger partial charge in [0.05, 0.1) is 6.42 Å². The third-order valence-corrected chi connectivity index (χ3v) is 2.44. The standard InChI is InChI=1S/C13H15NO6/c1-8(15)20-11-5-3-2-4-9(11)7-14-10(13(18)19)6-12(16)17/h2-5,10,14H,6-7H2,1H3,(H,16,17)(H,18,19)/t10-/m0/s1. The number of carbonyl (C=O) groups is 3. The molecule has 0 saturated heterocycles. The lowest BCUT2D eigenvalue weighted by molar-refractivity contribution is -0.146. The summed E-state index contributed by atoms with van der Waals surface area (Å²) in [7, 11) is 0. The van der Waals surface area contributed by atoms with Crippen LogP contribution in [0.25, 0.3) is 0 Å². The Hall–Kier alpha value is -2.41. The molecule has 0 amide bonds. The van der Waals surface area contributed by atoms with Gasteiger partial charge in [-0.25, -0.2) is 0 Å². The van der Waals surface area contributed by atoms with Crippen molar-refractivity contribution in [2.75, 3.05) is 0 Å². The summed E-state index contributed by atoms with van der Waals surface area (Å²) in [5, 5.41) is 20.1. The fourth-order valence-corrected chi connectivity index (χ4v) is 1.56. The van der Waals surface area contributed by atoms with E-state index in [1.807, 2.05) is 0 Å². The van der Waals surface area contributed by atoms with Gasteiger partial charge in [0.25, 0.3) is 0 Å². The van der Waals surface area contributed by atoms with Crippen LogP contribution in [0.2, 0.25) is 0 Å². The van der Waals surface area contributed by atoms with Gasteiger partial charge in [-0.05, 0) is 6.07 Å². The van der Waals surface area contributed by atoms with Crippen molar-refractivity contribution < 1.29 is 29.3 Å². The number of carbonyl (C=O) groups excluding carboxylic acids is 1. The van der Waals surface area contributed by atoms with Crippen molar-refractivity contribution in [2.24, 2.45) is 0 Å². The Morgan fingerprint density at radius 2 is 1.90 bits per heavy atom. The van der Waals surface area contributed by atoms with Gasteiger partial charge < -0.3 is 14.9 Å². The lowest BCUT2D eigenvalue weighted by Gasteiger charge is -2.14. The van der Waals surface area contributed by atoms with Crippen molar-refractivity contribution in [3.05, 3.63) is 29.8 Å². The van der Waals surface area contributed by atoms with Crippen LogP contribution in [0.15, 0.2) is 24.3 Å². The molecular weight excluding hydrogens is 266 g/mol. The summed E-state index contributed by atoms with van der Waals surface area (Å²) < 4.78 is 4.98. The molecule has 0 fully saturated rings. The van der Waals surface area contributed by atoms with Crippen LogP contribution in [0.3, 0.4) is 0 Å². The Balaban J connectivity index is 2.74. The van der Waals surface area contributed by atoms with Gasteiger partial charge in [0, 0.05) is 19.0 Å². The number of hydrogen-bond donors (Lipinski definition) is 3. The number of ether oxygens (including phenoxy) is 1. The predicted molar refractivity (Wildman–Crippen MR) is 68.3 cm³/mol. The van der Waals surface area contributed by atoms with Crippen LogP contribution in [0, 0.1) is 0 Å². The number of nitrogens with one attached hydrogen (secondary N) is 1. The van der Waals surface area contributed by atoms with Gasteiger partial charge in [0.1, 0.15) is 11.8 Å². The van der Waals surface area contributed by atoms with Gasteiger partial charge in [0.2, 0.25) is 0 Å². The summed E-state index contributed by atoms with van der Waals surface area (Å²) in [4.78, 5) is 32.4. The summed E-state index contributed by atoms with van der Waals surface area (Å²) in [6.07, 6.45) is -0.537. The molecule has 1 aromatic rings. The molecule has 0 aromatic heterocycles. The van der Waals surface area contributed by atoms with E-state index in [4.69, 9.17) is 14.9 Å². The predicted octanol–water partition coefficient (Wildman–Crippen LogP) is 0.629. The number of hydrogen-bond acceptors (Lipinski definition) is 5. The largest absolute Gasteiger partial charge is 0.481 e. The number of benzene rings is 1. The van der Waals surface area contributed by atoms with E-state index in [0.717, 1.165) is 0 Å². The normalized spacial score (nSPS) is 11.7. The Bertz CT molecular complexity index is 513. The molecule has 7 nitrogen and oxygen atoms in total. The van der Waals surface area contributed by atoms with Crippen LogP contribution in [0.4, 0.5) is 0 Å². The fourth-order valence-electron chi connectivity index (χ4n) is 1.56. The summed E-state index contributed by atoms with van der Waals surface area (Å²) in [6.45, 7) is 1.34. The smallest absolute Gasteiger partial charge is 0.321 e. The molecule has 0 bridgehead atoms. The minimum atomic E-state index is -1.25. The SMILES string of the molecule is CC(=O)Oc1ccccc1CN[C@@H](CC(=O)O)C(=O)O. The monoisotopic (exact) mass is 281 g/mol. The highest BCUT2D eigenvalue weighted by Crippen LogP contribution is 2.18. The van der Waals surface area contributed by atoms with Crippen molar-refractivity contribution >= 4 is 17.9 Å². The second-order valence-corrected chi connectivity index (χ2v) is 4.07. The van der Waals surface area contributed by atoms with E-state index in [1.54, 1.807) is 24.3 Å². The second-order valence-electron chi connectivity index (χ2n) is 4.07.